The Hall–Kier alpha value is -2.28. The fourth-order valence-corrected chi connectivity index (χ4v) is 1.54. The van der Waals surface area contributed by atoms with E-state index >= 15 is 0 Å². The normalized spacial score (nSPS) is 9.71. The highest BCUT2D eigenvalue weighted by molar-refractivity contribution is 5.84. The van der Waals surface area contributed by atoms with Crippen LogP contribution in [0.4, 0.5) is 0 Å². The summed E-state index contributed by atoms with van der Waals surface area (Å²) in [4.78, 5) is 10.6. The maximum atomic E-state index is 10.6. The van der Waals surface area contributed by atoms with Gasteiger partial charge in [0.1, 0.15) is 0 Å². The third-order valence-electron chi connectivity index (χ3n) is 2.33. The van der Waals surface area contributed by atoms with Crippen molar-refractivity contribution in [2.45, 2.75) is 13.3 Å². The quantitative estimate of drug-likeness (QED) is 0.602. The number of aromatic nitrogens is 2. The summed E-state index contributed by atoms with van der Waals surface area (Å²) in [5.74, 6) is 6.09. The van der Waals surface area contributed by atoms with Crippen molar-refractivity contribution in [2.24, 2.45) is 0 Å². The van der Waals surface area contributed by atoms with E-state index in [2.05, 4.69) is 27.4 Å². The van der Waals surface area contributed by atoms with E-state index in [-0.39, 0.29) is 5.91 Å². The number of hydrogen-bond donors (Lipinski definition) is 2. The fraction of sp³-hybridized carbons (Fsp3) is 0.231. The number of nitrogens with zero attached hydrogens (tertiary/aromatic N) is 1. The molecule has 0 aliphatic heterocycles. The molecule has 0 saturated carbocycles. The van der Waals surface area contributed by atoms with Gasteiger partial charge in [-0.3, -0.25) is 9.89 Å². The highest BCUT2D eigenvalue weighted by Crippen LogP contribution is 2.14. The van der Waals surface area contributed by atoms with Gasteiger partial charge in [-0.25, -0.2) is 0 Å². The van der Waals surface area contributed by atoms with Crippen molar-refractivity contribution in [3.63, 3.8) is 0 Å². The van der Waals surface area contributed by atoms with E-state index in [1.165, 1.54) is 6.92 Å². The van der Waals surface area contributed by atoms with Crippen LogP contribution in [0.2, 0.25) is 0 Å². The van der Waals surface area contributed by atoms with Crippen LogP contribution >= 0.6 is 0 Å². The molecule has 4 nitrogen and oxygen atoms in total. The molecule has 2 rings (SSSR count). The number of carbonyl (C=O) groups excluding carboxylic acids is 1. The molecule has 0 saturated heterocycles. The molecule has 0 fully saturated rings. The average Bonchev–Trinajstić information content (AvgIpc) is 2.77. The van der Waals surface area contributed by atoms with E-state index in [0.29, 0.717) is 13.0 Å². The van der Waals surface area contributed by atoms with Gasteiger partial charge in [0.15, 0.2) is 0 Å². The van der Waals surface area contributed by atoms with Crippen LogP contribution in [0.5, 0.6) is 0 Å². The van der Waals surface area contributed by atoms with E-state index in [4.69, 9.17) is 0 Å². The van der Waals surface area contributed by atoms with E-state index < -0.39 is 0 Å². The molecular formula is C13H13N3O. The lowest BCUT2D eigenvalue weighted by Gasteiger charge is -1.95. The lowest BCUT2D eigenvalue weighted by molar-refractivity contribution is -0.118. The number of fused-ring (bicyclic) bond motifs is 1. The Morgan fingerprint density at radius 3 is 3.24 bits per heavy atom. The van der Waals surface area contributed by atoms with Crippen LogP contribution < -0.4 is 5.32 Å². The molecule has 4 heteroatoms. The van der Waals surface area contributed by atoms with Gasteiger partial charge in [-0.05, 0) is 12.1 Å². The first-order valence-corrected chi connectivity index (χ1v) is 5.43. The zero-order valence-electron chi connectivity index (χ0n) is 9.58. The molecule has 0 aliphatic rings. The standard InChI is InChI=1S/C13H13N3O/c1-10(17)14-8-3-2-5-11-6-4-7-13-12(11)9-15-16-13/h4,6-7,9H,3,8H2,1H3,(H,14,17)(H,15,16). The van der Waals surface area contributed by atoms with E-state index in [9.17, 15) is 4.79 Å². The lowest BCUT2D eigenvalue weighted by Crippen LogP contribution is -2.20. The Balaban J connectivity index is 2.05. The average molecular weight is 227 g/mol. The molecule has 1 amide bonds. The second-order valence-corrected chi connectivity index (χ2v) is 3.67. The number of hydrogen-bond acceptors (Lipinski definition) is 2. The number of carbonyl (C=O) groups is 1. The van der Waals surface area contributed by atoms with Crippen molar-refractivity contribution >= 4 is 16.8 Å². The summed E-state index contributed by atoms with van der Waals surface area (Å²) < 4.78 is 0. The van der Waals surface area contributed by atoms with Crippen LogP contribution in [-0.4, -0.2) is 22.6 Å². The minimum Gasteiger partial charge on any atom is -0.355 e. The smallest absolute Gasteiger partial charge is 0.216 e. The molecule has 1 heterocycles. The Bertz CT molecular complexity index is 589. The van der Waals surface area contributed by atoms with Crippen molar-refractivity contribution in [2.75, 3.05) is 6.54 Å². The molecular weight excluding hydrogens is 214 g/mol. The summed E-state index contributed by atoms with van der Waals surface area (Å²) in [5.41, 5.74) is 1.94. The molecule has 2 N–H and O–H groups in total. The summed E-state index contributed by atoms with van der Waals surface area (Å²) in [6.07, 6.45) is 2.42. The van der Waals surface area contributed by atoms with Gasteiger partial charge in [0.25, 0.3) is 0 Å². The number of rotatable bonds is 2. The Labute approximate surface area is 99.4 Å². The second kappa shape index (κ2) is 5.17. The summed E-state index contributed by atoms with van der Waals surface area (Å²) >= 11 is 0. The van der Waals surface area contributed by atoms with Gasteiger partial charge in [-0.2, -0.15) is 5.10 Å². The number of H-pyrrole nitrogens is 1. The van der Waals surface area contributed by atoms with Gasteiger partial charge < -0.3 is 5.32 Å². The fourth-order valence-electron chi connectivity index (χ4n) is 1.54. The zero-order valence-corrected chi connectivity index (χ0v) is 9.58. The topological polar surface area (TPSA) is 57.8 Å². The third kappa shape index (κ3) is 2.85. The van der Waals surface area contributed by atoms with Crippen molar-refractivity contribution in [1.29, 1.82) is 0 Å². The third-order valence-corrected chi connectivity index (χ3v) is 2.33. The van der Waals surface area contributed by atoms with Gasteiger partial charge in [0.05, 0.1) is 11.7 Å². The largest absolute Gasteiger partial charge is 0.355 e. The van der Waals surface area contributed by atoms with Gasteiger partial charge in [-0.15, -0.1) is 0 Å². The van der Waals surface area contributed by atoms with Crippen molar-refractivity contribution in [3.8, 4) is 11.8 Å². The van der Waals surface area contributed by atoms with Crippen molar-refractivity contribution in [1.82, 2.24) is 15.5 Å². The summed E-state index contributed by atoms with van der Waals surface area (Å²) in [5, 5.41) is 10.6. The van der Waals surface area contributed by atoms with Crippen molar-refractivity contribution < 1.29 is 4.79 Å². The van der Waals surface area contributed by atoms with Crippen LogP contribution in [0.15, 0.2) is 24.4 Å². The molecule has 0 aliphatic carbocycles. The molecule has 1 aromatic carbocycles. The van der Waals surface area contributed by atoms with E-state index in [1.54, 1.807) is 6.20 Å². The molecule has 0 bridgehead atoms. The van der Waals surface area contributed by atoms with Crippen LogP contribution in [0.25, 0.3) is 10.9 Å². The van der Waals surface area contributed by atoms with Crippen LogP contribution in [-0.2, 0) is 4.79 Å². The molecule has 2 aromatic rings. The first-order valence-electron chi connectivity index (χ1n) is 5.43. The van der Waals surface area contributed by atoms with Crippen LogP contribution in [0.3, 0.4) is 0 Å². The van der Waals surface area contributed by atoms with Crippen LogP contribution in [0, 0.1) is 11.8 Å². The van der Waals surface area contributed by atoms with Gasteiger partial charge in [0.2, 0.25) is 5.91 Å². The molecule has 17 heavy (non-hydrogen) atoms. The Morgan fingerprint density at radius 1 is 1.53 bits per heavy atom. The van der Waals surface area contributed by atoms with E-state index in [0.717, 1.165) is 16.5 Å². The molecule has 0 unspecified atom stereocenters. The summed E-state index contributed by atoms with van der Waals surface area (Å²) in [7, 11) is 0. The Morgan fingerprint density at radius 2 is 2.41 bits per heavy atom. The summed E-state index contributed by atoms with van der Waals surface area (Å²) in [6.45, 7) is 2.09. The van der Waals surface area contributed by atoms with Gasteiger partial charge in [0, 0.05) is 30.8 Å². The molecule has 86 valence electrons. The molecule has 0 radical (unpaired) electrons. The van der Waals surface area contributed by atoms with Gasteiger partial charge >= 0.3 is 0 Å². The highest BCUT2D eigenvalue weighted by Gasteiger charge is 1.98. The number of aromatic amines is 1. The first-order chi connectivity index (χ1) is 8.27. The number of nitrogens with one attached hydrogen (secondary N) is 2. The van der Waals surface area contributed by atoms with E-state index in [1.807, 2.05) is 18.2 Å². The monoisotopic (exact) mass is 227 g/mol. The zero-order chi connectivity index (χ0) is 12.1. The molecule has 0 spiro atoms. The lowest BCUT2D eigenvalue weighted by atomic mass is 10.1. The van der Waals surface area contributed by atoms with Crippen molar-refractivity contribution in [3.05, 3.63) is 30.0 Å². The Kier molecular flexibility index (Phi) is 3.41. The maximum absolute atomic E-state index is 10.6. The molecule has 0 atom stereocenters. The van der Waals surface area contributed by atoms with Gasteiger partial charge in [-0.1, -0.05) is 17.9 Å². The minimum atomic E-state index is -0.0243. The predicted octanol–water partition coefficient (Wildman–Crippen LogP) is 1.44. The number of benzene rings is 1. The highest BCUT2D eigenvalue weighted by atomic mass is 16.1. The first kappa shape index (κ1) is 11.2. The molecule has 1 aromatic heterocycles. The number of amides is 1. The SMILES string of the molecule is CC(=O)NCCC#Cc1cccc2[nH]ncc12. The maximum Gasteiger partial charge on any atom is 0.216 e. The van der Waals surface area contributed by atoms with Crippen LogP contribution in [0.1, 0.15) is 18.9 Å². The summed E-state index contributed by atoms with van der Waals surface area (Å²) in [6, 6.07) is 5.87. The predicted molar refractivity (Wildman–Crippen MR) is 66.3 cm³/mol. The minimum absolute atomic E-state index is 0.0243. The second-order valence-electron chi connectivity index (χ2n) is 3.67.